The van der Waals surface area contributed by atoms with Crippen LogP contribution in [0.2, 0.25) is 0 Å². The van der Waals surface area contributed by atoms with Crippen LogP contribution < -0.4 is 10.6 Å². The van der Waals surface area contributed by atoms with E-state index in [-0.39, 0.29) is 6.03 Å². The van der Waals surface area contributed by atoms with Crippen molar-refractivity contribution in [3.63, 3.8) is 0 Å². The van der Waals surface area contributed by atoms with Crippen molar-refractivity contribution in [1.29, 1.82) is 0 Å². The molecule has 2 amide bonds. The molecule has 1 saturated carbocycles. The molecule has 4 heteroatoms. The summed E-state index contributed by atoms with van der Waals surface area (Å²) in [6, 6.07) is 10.2. The first kappa shape index (κ1) is 11.0. The number of para-hydroxylation sites is 1. The van der Waals surface area contributed by atoms with Crippen molar-refractivity contribution >= 4 is 16.9 Å². The van der Waals surface area contributed by atoms with E-state index in [2.05, 4.69) is 15.6 Å². The number of rotatable bonds is 3. The molecule has 4 nitrogen and oxygen atoms in total. The molecule has 18 heavy (non-hydrogen) atoms. The molecule has 2 N–H and O–H groups in total. The Hall–Kier alpha value is -2.10. The van der Waals surface area contributed by atoms with E-state index in [0.717, 1.165) is 29.3 Å². The van der Waals surface area contributed by atoms with E-state index >= 15 is 0 Å². The Morgan fingerprint density at radius 2 is 2.11 bits per heavy atom. The monoisotopic (exact) mass is 241 g/mol. The van der Waals surface area contributed by atoms with Gasteiger partial charge in [-0.3, -0.25) is 4.98 Å². The minimum Gasteiger partial charge on any atom is -0.335 e. The molecule has 0 radical (unpaired) electrons. The van der Waals surface area contributed by atoms with Crippen LogP contribution in [-0.4, -0.2) is 17.1 Å². The highest BCUT2D eigenvalue weighted by molar-refractivity contribution is 5.82. The fourth-order valence-corrected chi connectivity index (χ4v) is 1.95. The topological polar surface area (TPSA) is 54.0 Å². The second kappa shape index (κ2) is 4.64. The number of pyridine rings is 1. The van der Waals surface area contributed by atoms with Crippen LogP contribution in [0.15, 0.2) is 36.5 Å². The number of nitrogens with zero attached hydrogens (tertiary/aromatic N) is 1. The zero-order chi connectivity index (χ0) is 12.4. The minimum atomic E-state index is -0.0922. The van der Waals surface area contributed by atoms with Crippen LogP contribution in [0.3, 0.4) is 0 Å². The summed E-state index contributed by atoms with van der Waals surface area (Å²) >= 11 is 0. The van der Waals surface area contributed by atoms with Crippen molar-refractivity contribution in [1.82, 2.24) is 15.6 Å². The zero-order valence-electron chi connectivity index (χ0n) is 10.0. The van der Waals surface area contributed by atoms with Gasteiger partial charge in [0.05, 0.1) is 5.52 Å². The van der Waals surface area contributed by atoms with Gasteiger partial charge in [-0.25, -0.2) is 4.79 Å². The number of fused-ring (bicyclic) bond motifs is 1. The molecular formula is C14H15N3O. The van der Waals surface area contributed by atoms with Crippen molar-refractivity contribution < 1.29 is 4.79 Å². The van der Waals surface area contributed by atoms with Crippen LogP contribution in [0.1, 0.15) is 18.4 Å². The Morgan fingerprint density at radius 1 is 1.28 bits per heavy atom. The number of nitrogens with one attached hydrogen (secondary N) is 2. The molecule has 0 unspecified atom stereocenters. The Morgan fingerprint density at radius 3 is 2.94 bits per heavy atom. The second-order valence-electron chi connectivity index (χ2n) is 4.59. The van der Waals surface area contributed by atoms with E-state index in [1.807, 2.05) is 30.3 Å². The normalized spacial score (nSPS) is 14.4. The van der Waals surface area contributed by atoms with Gasteiger partial charge in [0, 0.05) is 24.2 Å². The maximum atomic E-state index is 11.6. The molecule has 0 aliphatic heterocycles. The van der Waals surface area contributed by atoms with Crippen LogP contribution in [0, 0.1) is 0 Å². The molecule has 3 rings (SSSR count). The van der Waals surface area contributed by atoms with E-state index < -0.39 is 0 Å². The van der Waals surface area contributed by atoms with Crippen LogP contribution in [-0.2, 0) is 6.54 Å². The van der Waals surface area contributed by atoms with Crippen LogP contribution in [0.4, 0.5) is 4.79 Å². The molecule has 0 bridgehead atoms. The van der Waals surface area contributed by atoms with Crippen molar-refractivity contribution in [3.05, 3.63) is 42.1 Å². The Balaban J connectivity index is 1.71. The third-order valence-electron chi connectivity index (χ3n) is 3.07. The van der Waals surface area contributed by atoms with Gasteiger partial charge in [-0.1, -0.05) is 24.3 Å². The van der Waals surface area contributed by atoms with E-state index in [0.29, 0.717) is 12.6 Å². The van der Waals surface area contributed by atoms with Gasteiger partial charge in [0.15, 0.2) is 0 Å². The average molecular weight is 241 g/mol. The molecular weight excluding hydrogens is 226 g/mol. The van der Waals surface area contributed by atoms with Gasteiger partial charge in [0.1, 0.15) is 0 Å². The number of aromatic nitrogens is 1. The molecule has 0 atom stereocenters. The highest BCUT2D eigenvalue weighted by Crippen LogP contribution is 2.18. The summed E-state index contributed by atoms with van der Waals surface area (Å²) in [4.78, 5) is 15.9. The third-order valence-corrected chi connectivity index (χ3v) is 3.07. The van der Waals surface area contributed by atoms with Crippen molar-refractivity contribution in [2.24, 2.45) is 0 Å². The number of benzene rings is 1. The number of carbonyl (C=O) groups excluding carboxylic acids is 1. The lowest BCUT2D eigenvalue weighted by atomic mass is 10.1. The summed E-state index contributed by atoms with van der Waals surface area (Å²) in [6.07, 6.45) is 3.97. The SMILES string of the molecule is O=C(NCc1cccc2cccnc12)NC1CC1. The molecule has 92 valence electrons. The molecule has 1 fully saturated rings. The molecule has 1 aliphatic carbocycles. The number of carbonyl (C=O) groups is 1. The molecule has 0 saturated heterocycles. The van der Waals surface area contributed by atoms with Crippen molar-refractivity contribution in [2.45, 2.75) is 25.4 Å². The predicted molar refractivity (Wildman–Crippen MR) is 70.1 cm³/mol. The smallest absolute Gasteiger partial charge is 0.315 e. The van der Waals surface area contributed by atoms with Gasteiger partial charge in [-0.05, 0) is 24.5 Å². The van der Waals surface area contributed by atoms with E-state index in [9.17, 15) is 4.79 Å². The molecule has 1 aliphatic rings. The van der Waals surface area contributed by atoms with Crippen molar-refractivity contribution in [3.8, 4) is 0 Å². The number of urea groups is 1. The van der Waals surface area contributed by atoms with Gasteiger partial charge in [-0.2, -0.15) is 0 Å². The molecule has 0 spiro atoms. The number of amides is 2. The maximum absolute atomic E-state index is 11.6. The second-order valence-corrected chi connectivity index (χ2v) is 4.59. The molecule has 2 aromatic rings. The average Bonchev–Trinajstić information content (AvgIpc) is 3.20. The lowest BCUT2D eigenvalue weighted by Gasteiger charge is -2.08. The number of hydrogen-bond donors (Lipinski definition) is 2. The molecule has 1 aromatic carbocycles. The third kappa shape index (κ3) is 2.42. The van der Waals surface area contributed by atoms with Crippen LogP contribution in [0.25, 0.3) is 10.9 Å². The predicted octanol–water partition coefficient (Wildman–Crippen LogP) is 2.20. The first-order chi connectivity index (χ1) is 8.83. The zero-order valence-corrected chi connectivity index (χ0v) is 10.0. The highest BCUT2D eigenvalue weighted by atomic mass is 16.2. The summed E-state index contributed by atoms with van der Waals surface area (Å²) in [5.41, 5.74) is 1.99. The largest absolute Gasteiger partial charge is 0.335 e. The lowest BCUT2D eigenvalue weighted by molar-refractivity contribution is 0.240. The first-order valence-corrected chi connectivity index (χ1v) is 6.20. The Kier molecular flexibility index (Phi) is 2.84. The van der Waals surface area contributed by atoms with Crippen LogP contribution in [0.5, 0.6) is 0 Å². The molecule has 1 aromatic heterocycles. The highest BCUT2D eigenvalue weighted by Gasteiger charge is 2.22. The fraction of sp³-hybridized carbons (Fsp3) is 0.286. The van der Waals surface area contributed by atoms with E-state index in [1.165, 1.54) is 0 Å². The maximum Gasteiger partial charge on any atom is 0.315 e. The van der Waals surface area contributed by atoms with Gasteiger partial charge in [-0.15, -0.1) is 0 Å². The summed E-state index contributed by atoms with van der Waals surface area (Å²) in [7, 11) is 0. The first-order valence-electron chi connectivity index (χ1n) is 6.20. The summed E-state index contributed by atoms with van der Waals surface area (Å²) in [5, 5.41) is 6.87. The van der Waals surface area contributed by atoms with E-state index in [1.54, 1.807) is 6.20 Å². The standard InChI is InChI=1S/C14H15N3O/c18-14(17-12-6-7-12)16-9-11-4-1-3-10-5-2-8-15-13(10)11/h1-5,8,12H,6-7,9H2,(H2,16,17,18). The summed E-state index contributed by atoms with van der Waals surface area (Å²) in [5.74, 6) is 0. The van der Waals surface area contributed by atoms with Gasteiger partial charge in [0.2, 0.25) is 0 Å². The van der Waals surface area contributed by atoms with Crippen molar-refractivity contribution in [2.75, 3.05) is 0 Å². The van der Waals surface area contributed by atoms with Crippen LogP contribution >= 0.6 is 0 Å². The Labute approximate surface area is 105 Å². The minimum absolute atomic E-state index is 0.0922. The number of hydrogen-bond acceptors (Lipinski definition) is 2. The Bertz CT molecular complexity index is 573. The summed E-state index contributed by atoms with van der Waals surface area (Å²) < 4.78 is 0. The lowest BCUT2D eigenvalue weighted by Crippen LogP contribution is -2.36. The van der Waals surface area contributed by atoms with Gasteiger partial charge in [0.25, 0.3) is 0 Å². The summed E-state index contributed by atoms with van der Waals surface area (Å²) in [6.45, 7) is 0.507. The van der Waals surface area contributed by atoms with E-state index in [4.69, 9.17) is 0 Å². The molecule has 1 heterocycles. The quantitative estimate of drug-likeness (QED) is 0.865. The van der Waals surface area contributed by atoms with Gasteiger partial charge < -0.3 is 10.6 Å². The van der Waals surface area contributed by atoms with Gasteiger partial charge >= 0.3 is 6.03 Å². The fourth-order valence-electron chi connectivity index (χ4n) is 1.95.